The summed E-state index contributed by atoms with van der Waals surface area (Å²) in [5.74, 6) is 0. The van der Waals surface area contributed by atoms with Gasteiger partial charge >= 0.3 is 0 Å². The zero-order chi connectivity index (χ0) is 15.2. The summed E-state index contributed by atoms with van der Waals surface area (Å²) in [6.07, 6.45) is 6.08. The molecule has 1 aromatic rings. The van der Waals surface area contributed by atoms with E-state index >= 15 is 0 Å². The average molecular weight is 356 g/mol. The number of hydrogen-bond acceptors (Lipinski definition) is 4. The maximum atomic E-state index is 10.9. The van der Waals surface area contributed by atoms with Gasteiger partial charge in [-0.15, -0.1) is 0 Å². The van der Waals surface area contributed by atoms with Crippen LogP contribution in [0.15, 0.2) is 22.7 Å². The number of hydrogen-bond donors (Lipinski definition) is 2. The SMILES string of the molecule is CC(CC1CCCCCN1)Nc1cc([N+](=O)[O-])ccc1Br. The minimum absolute atomic E-state index is 0.112. The fraction of sp³-hybridized carbons (Fsp3) is 0.600. The van der Waals surface area contributed by atoms with Crippen molar-refractivity contribution < 1.29 is 4.92 Å². The third-order valence-corrected chi connectivity index (χ3v) is 4.55. The molecular formula is C15H22BrN3O2. The molecule has 1 aliphatic heterocycles. The summed E-state index contributed by atoms with van der Waals surface area (Å²) < 4.78 is 0.855. The first-order valence-corrected chi connectivity index (χ1v) is 8.29. The van der Waals surface area contributed by atoms with E-state index in [0.717, 1.165) is 23.1 Å². The molecule has 5 nitrogen and oxygen atoms in total. The van der Waals surface area contributed by atoms with Gasteiger partial charge < -0.3 is 10.6 Å². The molecule has 0 aromatic heterocycles. The molecule has 1 aromatic carbocycles. The third kappa shape index (κ3) is 4.97. The highest BCUT2D eigenvalue weighted by Gasteiger charge is 2.16. The van der Waals surface area contributed by atoms with Gasteiger partial charge in [-0.25, -0.2) is 0 Å². The lowest BCUT2D eigenvalue weighted by atomic mass is 10.0. The zero-order valence-corrected chi connectivity index (χ0v) is 13.9. The van der Waals surface area contributed by atoms with Gasteiger partial charge in [0.25, 0.3) is 5.69 Å². The van der Waals surface area contributed by atoms with Crippen LogP contribution in [0.1, 0.15) is 39.0 Å². The molecule has 0 bridgehead atoms. The fourth-order valence-electron chi connectivity index (χ4n) is 2.79. The number of anilines is 1. The van der Waals surface area contributed by atoms with Gasteiger partial charge in [0.05, 0.1) is 10.6 Å². The number of nitrogens with one attached hydrogen (secondary N) is 2. The Morgan fingerprint density at radius 3 is 3.05 bits per heavy atom. The predicted molar refractivity (Wildman–Crippen MR) is 88.8 cm³/mol. The third-order valence-electron chi connectivity index (χ3n) is 3.86. The Morgan fingerprint density at radius 2 is 2.29 bits per heavy atom. The molecule has 6 heteroatoms. The van der Waals surface area contributed by atoms with Gasteiger partial charge in [0.15, 0.2) is 0 Å². The molecule has 1 saturated heterocycles. The van der Waals surface area contributed by atoms with Crippen LogP contribution in [-0.2, 0) is 0 Å². The van der Waals surface area contributed by atoms with Gasteiger partial charge in [0.2, 0.25) is 0 Å². The Morgan fingerprint density at radius 1 is 1.48 bits per heavy atom. The van der Waals surface area contributed by atoms with Crippen LogP contribution in [0.25, 0.3) is 0 Å². The summed E-state index contributed by atoms with van der Waals surface area (Å²) >= 11 is 3.45. The van der Waals surface area contributed by atoms with Crippen molar-refractivity contribution in [3.05, 3.63) is 32.8 Å². The van der Waals surface area contributed by atoms with E-state index in [9.17, 15) is 10.1 Å². The number of nitro benzene ring substituents is 1. The van der Waals surface area contributed by atoms with Gasteiger partial charge in [-0.2, -0.15) is 0 Å². The van der Waals surface area contributed by atoms with Crippen LogP contribution in [0.4, 0.5) is 11.4 Å². The molecule has 116 valence electrons. The van der Waals surface area contributed by atoms with E-state index in [-0.39, 0.29) is 16.7 Å². The standard InChI is InChI=1S/C15H22BrN3O2/c1-11(9-12-5-3-2-4-8-17-12)18-15-10-13(19(20)21)6-7-14(15)16/h6-7,10-12,17-18H,2-5,8-9H2,1H3. The first-order chi connectivity index (χ1) is 10.1. The number of benzene rings is 1. The first-order valence-electron chi connectivity index (χ1n) is 7.50. The van der Waals surface area contributed by atoms with Crippen molar-refractivity contribution in [1.29, 1.82) is 0 Å². The van der Waals surface area contributed by atoms with Crippen LogP contribution in [0.3, 0.4) is 0 Å². The van der Waals surface area contributed by atoms with Crippen LogP contribution in [0.5, 0.6) is 0 Å². The Kier molecular flexibility index (Phi) is 5.99. The van der Waals surface area contributed by atoms with Crippen molar-refractivity contribution in [2.24, 2.45) is 0 Å². The fourth-order valence-corrected chi connectivity index (χ4v) is 3.15. The molecule has 1 fully saturated rings. The van der Waals surface area contributed by atoms with Crippen LogP contribution >= 0.6 is 15.9 Å². The molecule has 0 aliphatic carbocycles. The van der Waals surface area contributed by atoms with Crippen molar-refractivity contribution in [3.8, 4) is 0 Å². The van der Waals surface area contributed by atoms with Crippen LogP contribution in [-0.4, -0.2) is 23.6 Å². The van der Waals surface area contributed by atoms with E-state index in [1.807, 2.05) is 0 Å². The molecule has 2 unspecified atom stereocenters. The quantitative estimate of drug-likeness (QED) is 0.616. The zero-order valence-electron chi connectivity index (χ0n) is 12.3. The largest absolute Gasteiger partial charge is 0.381 e. The number of nitrogens with zero attached hydrogens (tertiary/aromatic N) is 1. The number of rotatable bonds is 5. The molecule has 21 heavy (non-hydrogen) atoms. The summed E-state index contributed by atoms with van der Waals surface area (Å²) in [5, 5.41) is 17.8. The first kappa shape index (κ1) is 16.2. The lowest BCUT2D eigenvalue weighted by molar-refractivity contribution is -0.384. The molecule has 0 spiro atoms. The van der Waals surface area contributed by atoms with E-state index in [0.29, 0.717) is 6.04 Å². The highest BCUT2D eigenvalue weighted by Crippen LogP contribution is 2.28. The van der Waals surface area contributed by atoms with Crippen LogP contribution in [0.2, 0.25) is 0 Å². The maximum Gasteiger partial charge on any atom is 0.271 e. The Labute approximate surface area is 133 Å². The Hall–Kier alpha value is -1.14. The number of nitro groups is 1. The second kappa shape index (κ2) is 7.75. The van der Waals surface area contributed by atoms with Crippen molar-refractivity contribution in [3.63, 3.8) is 0 Å². The summed E-state index contributed by atoms with van der Waals surface area (Å²) in [6, 6.07) is 5.61. The number of non-ortho nitro benzene ring substituents is 1. The average Bonchev–Trinajstić information content (AvgIpc) is 2.69. The molecule has 0 amide bonds. The molecule has 2 rings (SSSR count). The molecule has 1 aliphatic rings. The van der Waals surface area contributed by atoms with E-state index in [2.05, 4.69) is 33.5 Å². The monoisotopic (exact) mass is 355 g/mol. The smallest absolute Gasteiger partial charge is 0.271 e. The lowest BCUT2D eigenvalue weighted by Crippen LogP contribution is -2.33. The summed E-state index contributed by atoms with van der Waals surface area (Å²) in [6.45, 7) is 3.22. The lowest BCUT2D eigenvalue weighted by Gasteiger charge is -2.22. The van der Waals surface area contributed by atoms with Crippen molar-refractivity contribution in [1.82, 2.24) is 5.32 Å². The summed E-state index contributed by atoms with van der Waals surface area (Å²) in [7, 11) is 0. The highest BCUT2D eigenvalue weighted by atomic mass is 79.9. The van der Waals surface area contributed by atoms with Gasteiger partial charge in [-0.3, -0.25) is 10.1 Å². The molecule has 2 N–H and O–H groups in total. The second-order valence-corrected chi connectivity index (χ2v) is 6.56. The normalized spacial score (nSPS) is 20.6. The topological polar surface area (TPSA) is 67.2 Å². The maximum absolute atomic E-state index is 10.9. The minimum atomic E-state index is -0.366. The van der Waals surface area contributed by atoms with Gasteiger partial charge in [-0.1, -0.05) is 12.8 Å². The Balaban J connectivity index is 1.96. The predicted octanol–water partition coefficient (Wildman–Crippen LogP) is 4.08. The van der Waals surface area contributed by atoms with E-state index < -0.39 is 0 Å². The molecule has 0 radical (unpaired) electrons. The van der Waals surface area contributed by atoms with E-state index in [1.54, 1.807) is 12.1 Å². The van der Waals surface area contributed by atoms with Gasteiger partial charge in [0, 0.05) is 28.7 Å². The van der Waals surface area contributed by atoms with E-state index in [4.69, 9.17) is 0 Å². The van der Waals surface area contributed by atoms with Crippen LogP contribution < -0.4 is 10.6 Å². The summed E-state index contributed by atoms with van der Waals surface area (Å²) in [4.78, 5) is 10.5. The summed E-state index contributed by atoms with van der Waals surface area (Å²) in [5.41, 5.74) is 0.894. The second-order valence-electron chi connectivity index (χ2n) is 5.70. The van der Waals surface area contributed by atoms with Crippen molar-refractivity contribution >= 4 is 27.3 Å². The van der Waals surface area contributed by atoms with Gasteiger partial charge in [0.1, 0.15) is 0 Å². The Bertz CT molecular complexity index is 488. The number of halogens is 1. The van der Waals surface area contributed by atoms with E-state index in [1.165, 1.54) is 31.7 Å². The van der Waals surface area contributed by atoms with Gasteiger partial charge in [-0.05, 0) is 54.7 Å². The van der Waals surface area contributed by atoms with Crippen molar-refractivity contribution in [2.75, 3.05) is 11.9 Å². The molecule has 1 heterocycles. The minimum Gasteiger partial charge on any atom is -0.381 e. The van der Waals surface area contributed by atoms with Crippen LogP contribution in [0, 0.1) is 10.1 Å². The molecular weight excluding hydrogens is 334 g/mol. The molecule has 2 atom stereocenters. The highest BCUT2D eigenvalue weighted by molar-refractivity contribution is 9.10. The van der Waals surface area contributed by atoms with Crippen molar-refractivity contribution in [2.45, 2.75) is 51.1 Å². The molecule has 0 saturated carbocycles.